The van der Waals surface area contributed by atoms with Crippen molar-refractivity contribution in [3.8, 4) is 0 Å². The second-order valence-corrected chi connectivity index (χ2v) is 3.97. The van der Waals surface area contributed by atoms with Gasteiger partial charge in [0.1, 0.15) is 0 Å². The second kappa shape index (κ2) is 5.97. The number of pyridine rings is 1. The number of carbonyl (C=O) groups is 1. The van der Waals surface area contributed by atoms with Crippen LogP contribution in [0.1, 0.15) is 11.4 Å². The summed E-state index contributed by atoms with van der Waals surface area (Å²) in [7, 11) is 0. The number of rotatable bonds is 5. The van der Waals surface area contributed by atoms with Crippen molar-refractivity contribution in [2.24, 2.45) is 5.73 Å². The van der Waals surface area contributed by atoms with Crippen molar-refractivity contribution in [3.05, 3.63) is 54.4 Å². The van der Waals surface area contributed by atoms with Crippen LogP contribution in [0.2, 0.25) is 0 Å². The van der Waals surface area contributed by atoms with Gasteiger partial charge < -0.3 is 5.73 Å². The lowest BCUT2D eigenvalue weighted by atomic mass is 10.1. The molecule has 0 saturated heterocycles. The molecule has 0 saturated carbocycles. The molecule has 2 rings (SSSR count). The lowest BCUT2D eigenvalue weighted by Gasteiger charge is -1.99. The van der Waals surface area contributed by atoms with Crippen molar-refractivity contribution in [1.29, 1.82) is 0 Å². The summed E-state index contributed by atoms with van der Waals surface area (Å²) in [5.74, 6) is 0.772. The molecule has 2 heterocycles. The van der Waals surface area contributed by atoms with E-state index in [4.69, 9.17) is 5.73 Å². The molecule has 0 unspecified atom stereocenters. The Morgan fingerprint density at radius 1 is 1.28 bits per heavy atom. The van der Waals surface area contributed by atoms with Crippen molar-refractivity contribution >= 4 is 5.78 Å². The maximum absolute atomic E-state index is 11.3. The van der Waals surface area contributed by atoms with Crippen LogP contribution in [0.15, 0.2) is 43.0 Å². The molecular formula is C13H15N4O+. The topological polar surface area (TPSA) is 72.8 Å². The number of Topliss-reactive ketones (excluding diaryl/α,β-unsaturated/α-hetero) is 1. The first-order valence-corrected chi connectivity index (χ1v) is 5.73. The summed E-state index contributed by atoms with van der Waals surface area (Å²) >= 11 is 0. The molecule has 2 aromatic rings. The van der Waals surface area contributed by atoms with Crippen LogP contribution in [0.5, 0.6) is 0 Å². The molecule has 92 valence electrons. The zero-order valence-corrected chi connectivity index (χ0v) is 9.99. The van der Waals surface area contributed by atoms with Crippen LogP contribution in [0.25, 0.3) is 0 Å². The largest absolute Gasteiger partial charge is 0.324 e. The van der Waals surface area contributed by atoms with E-state index in [1.807, 2.05) is 29.1 Å². The number of nitrogens with zero attached hydrogens (tertiary/aromatic N) is 3. The summed E-state index contributed by atoms with van der Waals surface area (Å²) in [5.41, 5.74) is 6.25. The number of ketones is 1. The van der Waals surface area contributed by atoms with Gasteiger partial charge in [-0.3, -0.25) is 4.79 Å². The fourth-order valence-electron chi connectivity index (χ4n) is 1.65. The van der Waals surface area contributed by atoms with Crippen molar-refractivity contribution < 1.29 is 9.36 Å². The van der Waals surface area contributed by atoms with E-state index < -0.39 is 0 Å². The summed E-state index contributed by atoms with van der Waals surface area (Å²) in [5, 5.41) is 0. The molecule has 0 amide bonds. The number of hydrogen-bond acceptors (Lipinski definition) is 4. The predicted octanol–water partition coefficient (Wildman–Crippen LogP) is -0.117. The Balaban J connectivity index is 2.10. The van der Waals surface area contributed by atoms with Crippen LogP contribution in [0.4, 0.5) is 0 Å². The van der Waals surface area contributed by atoms with Gasteiger partial charge >= 0.3 is 0 Å². The molecule has 0 bridgehead atoms. The number of carbonyl (C=O) groups excluding carboxylic acids is 1. The van der Waals surface area contributed by atoms with Gasteiger partial charge in [0.15, 0.2) is 24.0 Å². The van der Waals surface area contributed by atoms with Gasteiger partial charge in [0.05, 0.1) is 6.54 Å². The van der Waals surface area contributed by atoms with Crippen LogP contribution < -0.4 is 10.3 Å². The van der Waals surface area contributed by atoms with Crippen LogP contribution in [0, 0.1) is 0 Å². The Morgan fingerprint density at radius 2 is 2.06 bits per heavy atom. The lowest BCUT2D eigenvalue weighted by molar-refractivity contribution is -0.689. The number of aromatic nitrogens is 3. The Morgan fingerprint density at radius 3 is 2.78 bits per heavy atom. The molecule has 0 radical (unpaired) electrons. The van der Waals surface area contributed by atoms with E-state index in [1.165, 1.54) is 0 Å². The molecule has 0 aliphatic carbocycles. The summed E-state index contributed by atoms with van der Waals surface area (Å²) in [6.45, 7) is 0.669. The van der Waals surface area contributed by atoms with Crippen molar-refractivity contribution in [1.82, 2.24) is 9.97 Å². The van der Waals surface area contributed by atoms with Crippen molar-refractivity contribution in [3.63, 3.8) is 0 Å². The highest BCUT2D eigenvalue weighted by Gasteiger charge is 2.08. The monoisotopic (exact) mass is 243 g/mol. The molecule has 18 heavy (non-hydrogen) atoms. The van der Waals surface area contributed by atoms with Crippen molar-refractivity contribution in [2.75, 3.05) is 6.54 Å². The van der Waals surface area contributed by atoms with Crippen LogP contribution in [-0.2, 0) is 17.8 Å². The normalized spacial score (nSPS) is 10.3. The zero-order chi connectivity index (χ0) is 12.8. The van der Waals surface area contributed by atoms with E-state index in [2.05, 4.69) is 9.97 Å². The Bertz CT molecular complexity index is 528. The number of nitrogens with two attached hydrogens (primary N) is 1. The van der Waals surface area contributed by atoms with Crippen LogP contribution >= 0.6 is 0 Å². The van der Waals surface area contributed by atoms with E-state index >= 15 is 0 Å². The van der Waals surface area contributed by atoms with E-state index in [0.29, 0.717) is 13.0 Å². The predicted molar refractivity (Wildman–Crippen MR) is 65.5 cm³/mol. The lowest BCUT2D eigenvalue weighted by Crippen LogP contribution is -2.35. The fraction of sp³-hybridized carbons (Fsp3) is 0.231. The van der Waals surface area contributed by atoms with Gasteiger partial charge in [-0.05, 0) is 12.1 Å². The van der Waals surface area contributed by atoms with Gasteiger partial charge in [-0.1, -0.05) is 0 Å². The van der Waals surface area contributed by atoms with E-state index in [1.54, 1.807) is 18.5 Å². The van der Waals surface area contributed by atoms with Gasteiger partial charge in [-0.2, -0.15) is 4.57 Å². The highest BCUT2D eigenvalue weighted by Crippen LogP contribution is 1.97. The Kier molecular flexibility index (Phi) is 4.09. The summed E-state index contributed by atoms with van der Waals surface area (Å²) in [6, 6.07) is 5.60. The first-order chi connectivity index (χ1) is 8.78. The highest BCUT2D eigenvalue weighted by molar-refractivity contribution is 5.82. The zero-order valence-electron chi connectivity index (χ0n) is 9.99. The first-order valence-electron chi connectivity index (χ1n) is 5.73. The van der Waals surface area contributed by atoms with E-state index in [0.717, 1.165) is 11.4 Å². The third-order valence-corrected chi connectivity index (χ3v) is 2.49. The second-order valence-electron chi connectivity index (χ2n) is 3.97. The van der Waals surface area contributed by atoms with Crippen LogP contribution in [0.3, 0.4) is 0 Å². The van der Waals surface area contributed by atoms with Crippen LogP contribution in [-0.4, -0.2) is 22.3 Å². The Hall–Kier alpha value is -2.14. The quantitative estimate of drug-likeness (QED) is 0.743. The van der Waals surface area contributed by atoms with Crippen molar-refractivity contribution in [2.45, 2.75) is 13.0 Å². The molecule has 2 N–H and O–H groups in total. The highest BCUT2D eigenvalue weighted by atomic mass is 16.1. The van der Waals surface area contributed by atoms with E-state index in [-0.39, 0.29) is 12.3 Å². The molecule has 0 aliphatic heterocycles. The minimum Gasteiger partial charge on any atom is -0.324 e. The molecule has 0 aromatic carbocycles. The summed E-state index contributed by atoms with van der Waals surface area (Å²) in [4.78, 5) is 19.6. The van der Waals surface area contributed by atoms with Gasteiger partial charge in [-0.25, -0.2) is 9.97 Å². The average Bonchev–Trinajstić information content (AvgIpc) is 2.40. The maximum atomic E-state index is 11.3. The smallest absolute Gasteiger partial charge is 0.207 e. The van der Waals surface area contributed by atoms with Gasteiger partial charge in [0.2, 0.25) is 6.54 Å². The fourth-order valence-corrected chi connectivity index (χ4v) is 1.65. The molecule has 0 atom stereocenters. The third kappa shape index (κ3) is 3.43. The summed E-state index contributed by atoms with van der Waals surface area (Å²) < 4.78 is 1.95. The molecule has 0 aliphatic rings. The molecular weight excluding hydrogens is 228 g/mol. The minimum absolute atomic E-state index is 0.0312. The molecule has 5 nitrogen and oxygen atoms in total. The maximum Gasteiger partial charge on any atom is 0.207 e. The third-order valence-electron chi connectivity index (χ3n) is 2.49. The average molecular weight is 243 g/mol. The minimum atomic E-state index is 0.0312. The molecule has 0 fully saturated rings. The SMILES string of the molecule is NCC(=O)Cc1ccc[n+](Cc2ncccn2)c1. The van der Waals surface area contributed by atoms with Gasteiger partial charge in [-0.15, -0.1) is 0 Å². The molecule has 5 heteroatoms. The van der Waals surface area contributed by atoms with Gasteiger partial charge in [0, 0.05) is 30.4 Å². The molecule has 0 spiro atoms. The summed E-state index contributed by atoms with van der Waals surface area (Å²) in [6.07, 6.45) is 7.64. The molecule has 2 aromatic heterocycles. The van der Waals surface area contributed by atoms with E-state index in [9.17, 15) is 4.79 Å². The Labute approximate surface area is 105 Å². The first kappa shape index (κ1) is 12.3. The standard InChI is InChI=1S/C13H15N4O/c14-8-12(18)7-11-3-1-6-17(9-11)10-13-15-4-2-5-16-13/h1-6,9H,7-8,10,14H2/q+1. The number of hydrogen-bond donors (Lipinski definition) is 1. The van der Waals surface area contributed by atoms with Gasteiger partial charge in [0.25, 0.3) is 0 Å².